The summed E-state index contributed by atoms with van der Waals surface area (Å²) < 4.78 is 0. The molecule has 1 amide bonds. The van der Waals surface area contributed by atoms with Crippen molar-refractivity contribution in [2.24, 2.45) is 5.73 Å². The quantitative estimate of drug-likeness (QED) is 0.913. The van der Waals surface area contributed by atoms with E-state index in [4.69, 9.17) is 28.9 Å². The molecule has 2 aromatic rings. The van der Waals surface area contributed by atoms with Gasteiger partial charge in [-0.15, -0.1) is 0 Å². The van der Waals surface area contributed by atoms with E-state index in [-0.39, 0.29) is 0 Å². The number of hydrogen-bond donors (Lipinski definition) is 2. The molecule has 98 valence electrons. The van der Waals surface area contributed by atoms with Crippen molar-refractivity contribution >= 4 is 29.1 Å². The van der Waals surface area contributed by atoms with Crippen LogP contribution in [0.2, 0.25) is 10.0 Å². The maximum absolute atomic E-state index is 11.1. The Kier molecular flexibility index (Phi) is 4.10. The summed E-state index contributed by atoms with van der Waals surface area (Å²) in [5.74, 6) is -0.805. The molecule has 5 heteroatoms. The molecule has 0 radical (unpaired) electrons. The number of benzene rings is 2. The first kappa shape index (κ1) is 13.9. The molecule has 0 fully saturated rings. The fraction of sp³-hybridized carbons (Fsp3) is 0.0714. The van der Waals surface area contributed by atoms with Crippen molar-refractivity contribution in [3.05, 3.63) is 58.1 Å². The predicted molar refractivity (Wildman–Crippen MR) is 76.1 cm³/mol. The van der Waals surface area contributed by atoms with E-state index in [2.05, 4.69) is 0 Å². The van der Waals surface area contributed by atoms with Crippen LogP contribution in [-0.2, 0) is 4.79 Å². The van der Waals surface area contributed by atoms with Gasteiger partial charge in [-0.25, -0.2) is 0 Å². The minimum atomic E-state index is -1.37. The summed E-state index contributed by atoms with van der Waals surface area (Å²) in [4.78, 5) is 11.1. The number of aliphatic hydroxyl groups excluding tert-OH is 1. The Morgan fingerprint density at radius 1 is 1.11 bits per heavy atom. The standard InChI is InChI=1S/C14H11Cl2NO2/c15-9-5-8(6-10(16)7-9)11-3-1-2-4-12(11)13(18)14(17)19/h1-7,13,18H,(H2,17,19)/t13-/m0/s1. The second kappa shape index (κ2) is 5.61. The van der Waals surface area contributed by atoms with Crippen molar-refractivity contribution in [1.82, 2.24) is 0 Å². The lowest BCUT2D eigenvalue weighted by molar-refractivity contribution is -0.126. The predicted octanol–water partition coefficient (Wildman–Crippen LogP) is 3.18. The van der Waals surface area contributed by atoms with Gasteiger partial charge in [-0.3, -0.25) is 4.79 Å². The van der Waals surface area contributed by atoms with E-state index in [0.29, 0.717) is 26.7 Å². The Hall–Kier alpha value is -1.55. The van der Waals surface area contributed by atoms with Crippen LogP contribution in [0, 0.1) is 0 Å². The lowest BCUT2D eigenvalue weighted by Crippen LogP contribution is -2.21. The smallest absolute Gasteiger partial charge is 0.250 e. The van der Waals surface area contributed by atoms with Crippen LogP contribution in [0.5, 0.6) is 0 Å². The first-order valence-corrected chi connectivity index (χ1v) is 6.27. The normalized spacial score (nSPS) is 12.2. The molecule has 0 aromatic heterocycles. The zero-order valence-corrected chi connectivity index (χ0v) is 11.3. The van der Waals surface area contributed by atoms with Crippen molar-refractivity contribution in [3.8, 4) is 11.1 Å². The maximum Gasteiger partial charge on any atom is 0.250 e. The molecular formula is C14H11Cl2NO2. The number of hydrogen-bond acceptors (Lipinski definition) is 2. The van der Waals surface area contributed by atoms with Gasteiger partial charge in [0.2, 0.25) is 0 Å². The van der Waals surface area contributed by atoms with Crippen LogP contribution in [0.25, 0.3) is 11.1 Å². The summed E-state index contributed by atoms with van der Waals surface area (Å²) in [6.45, 7) is 0. The highest BCUT2D eigenvalue weighted by Crippen LogP contribution is 2.32. The molecule has 0 unspecified atom stereocenters. The first-order chi connectivity index (χ1) is 8.99. The molecule has 19 heavy (non-hydrogen) atoms. The molecule has 0 saturated heterocycles. The Labute approximate surface area is 120 Å². The Bertz CT molecular complexity index is 608. The van der Waals surface area contributed by atoms with Crippen molar-refractivity contribution in [2.75, 3.05) is 0 Å². The Balaban J connectivity index is 2.59. The van der Waals surface area contributed by atoms with Crippen LogP contribution in [0.1, 0.15) is 11.7 Å². The van der Waals surface area contributed by atoms with Gasteiger partial charge in [-0.1, -0.05) is 47.5 Å². The number of rotatable bonds is 3. The van der Waals surface area contributed by atoms with Crippen LogP contribution in [0.15, 0.2) is 42.5 Å². The van der Waals surface area contributed by atoms with Crippen molar-refractivity contribution in [1.29, 1.82) is 0 Å². The maximum atomic E-state index is 11.1. The summed E-state index contributed by atoms with van der Waals surface area (Å²) in [6, 6.07) is 11.9. The van der Waals surface area contributed by atoms with Gasteiger partial charge < -0.3 is 10.8 Å². The first-order valence-electron chi connectivity index (χ1n) is 5.52. The molecule has 0 aliphatic rings. The molecule has 0 heterocycles. The zero-order valence-electron chi connectivity index (χ0n) is 9.81. The van der Waals surface area contributed by atoms with E-state index in [1.165, 1.54) is 0 Å². The molecular weight excluding hydrogens is 285 g/mol. The number of nitrogens with two attached hydrogens (primary N) is 1. The molecule has 1 atom stereocenters. The van der Waals surface area contributed by atoms with Gasteiger partial charge in [0.05, 0.1) is 0 Å². The largest absolute Gasteiger partial charge is 0.378 e. The van der Waals surface area contributed by atoms with Gasteiger partial charge in [-0.2, -0.15) is 0 Å². The van der Waals surface area contributed by atoms with Crippen LogP contribution in [0.4, 0.5) is 0 Å². The lowest BCUT2D eigenvalue weighted by atomic mass is 9.96. The molecule has 3 nitrogen and oxygen atoms in total. The SMILES string of the molecule is NC(=O)[C@@H](O)c1ccccc1-c1cc(Cl)cc(Cl)c1. The van der Waals surface area contributed by atoms with Gasteiger partial charge >= 0.3 is 0 Å². The second-order valence-electron chi connectivity index (χ2n) is 4.05. The molecule has 0 spiro atoms. The summed E-state index contributed by atoms with van der Waals surface area (Å²) >= 11 is 11.9. The third kappa shape index (κ3) is 3.07. The average molecular weight is 296 g/mol. The molecule has 3 N–H and O–H groups in total. The monoisotopic (exact) mass is 295 g/mol. The summed E-state index contributed by atoms with van der Waals surface area (Å²) in [5.41, 5.74) is 6.94. The van der Waals surface area contributed by atoms with Gasteiger partial charge in [0, 0.05) is 10.0 Å². The van der Waals surface area contributed by atoms with E-state index in [9.17, 15) is 9.90 Å². The van der Waals surface area contributed by atoms with Gasteiger partial charge in [0.25, 0.3) is 5.91 Å². The third-order valence-electron chi connectivity index (χ3n) is 2.70. The highest BCUT2D eigenvalue weighted by Gasteiger charge is 2.18. The van der Waals surface area contributed by atoms with Gasteiger partial charge in [-0.05, 0) is 34.9 Å². The molecule has 0 aliphatic carbocycles. The van der Waals surface area contributed by atoms with Crippen LogP contribution in [0.3, 0.4) is 0 Å². The third-order valence-corrected chi connectivity index (χ3v) is 3.13. The topological polar surface area (TPSA) is 63.3 Å². The summed E-state index contributed by atoms with van der Waals surface area (Å²) in [7, 11) is 0. The number of amides is 1. The molecule has 0 saturated carbocycles. The van der Waals surface area contributed by atoms with Crippen LogP contribution < -0.4 is 5.73 Å². The van der Waals surface area contributed by atoms with E-state index in [1.807, 2.05) is 0 Å². The van der Waals surface area contributed by atoms with Crippen molar-refractivity contribution in [3.63, 3.8) is 0 Å². The number of carbonyl (C=O) groups is 1. The van der Waals surface area contributed by atoms with E-state index in [1.54, 1.807) is 42.5 Å². The Morgan fingerprint density at radius 3 is 2.26 bits per heavy atom. The molecule has 0 aliphatic heterocycles. The minimum Gasteiger partial charge on any atom is -0.378 e. The average Bonchev–Trinajstić information content (AvgIpc) is 2.36. The molecule has 2 aromatic carbocycles. The fourth-order valence-corrected chi connectivity index (χ4v) is 2.39. The van der Waals surface area contributed by atoms with Crippen LogP contribution in [-0.4, -0.2) is 11.0 Å². The Morgan fingerprint density at radius 2 is 1.68 bits per heavy atom. The van der Waals surface area contributed by atoms with E-state index >= 15 is 0 Å². The fourth-order valence-electron chi connectivity index (χ4n) is 1.86. The number of aliphatic hydroxyl groups is 1. The molecule has 0 bridgehead atoms. The summed E-state index contributed by atoms with van der Waals surface area (Å²) in [5, 5.41) is 10.8. The van der Waals surface area contributed by atoms with E-state index < -0.39 is 12.0 Å². The minimum absolute atomic E-state index is 0.424. The van der Waals surface area contributed by atoms with Crippen LogP contribution >= 0.6 is 23.2 Å². The number of carbonyl (C=O) groups excluding carboxylic acids is 1. The lowest BCUT2D eigenvalue weighted by Gasteiger charge is -2.13. The van der Waals surface area contributed by atoms with Crippen molar-refractivity contribution < 1.29 is 9.90 Å². The van der Waals surface area contributed by atoms with Gasteiger partial charge in [0.15, 0.2) is 6.10 Å². The van der Waals surface area contributed by atoms with Crippen molar-refractivity contribution in [2.45, 2.75) is 6.10 Å². The number of primary amides is 1. The summed E-state index contributed by atoms with van der Waals surface area (Å²) in [6.07, 6.45) is -1.37. The highest BCUT2D eigenvalue weighted by atomic mass is 35.5. The molecule has 2 rings (SSSR count). The highest BCUT2D eigenvalue weighted by molar-refractivity contribution is 6.35. The van der Waals surface area contributed by atoms with Gasteiger partial charge in [0.1, 0.15) is 0 Å². The number of halogens is 2. The second-order valence-corrected chi connectivity index (χ2v) is 4.92. The van der Waals surface area contributed by atoms with E-state index in [0.717, 1.165) is 0 Å². The zero-order chi connectivity index (χ0) is 14.0.